The minimum Gasteiger partial charge on any atom is -0.494 e. The van der Waals surface area contributed by atoms with E-state index in [-0.39, 0.29) is 18.8 Å². The van der Waals surface area contributed by atoms with Gasteiger partial charge in [-0.1, -0.05) is 18.6 Å². The molecule has 0 radical (unpaired) electrons. The van der Waals surface area contributed by atoms with Crippen LogP contribution in [0.5, 0.6) is 5.75 Å². The van der Waals surface area contributed by atoms with E-state index in [2.05, 4.69) is 0 Å². The first-order valence-electron chi connectivity index (χ1n) is 7.39. The van der Waals surface area contributed by atoms with Crippen LogP contribution in [0.4, 0.5) is 13.2 Å². The lowest BCUT2D eigenvalue weighted by Gasteiger charge is -2.33. The molecule has 1 saturated carbocycles. The molecule has 1 aliphatic rings. The predicted molar refractivity (Wildman–Crippen MR) is 74.1 cm³/mol. The molecular weight excluding hydrogens is 281 g/mol. The Kier molecular flexibility index (Phi) is 5.14. The van der Waals surface area contributed by atoms with Crippen LogP contribution >= 0.6 is 0 Å². The first-order chi connectivity index (χ1) is 9.91. The lowest BCUT2D eigenvalue weighted by molar-refractivity contribution is -0.189. The smallest absolute Gasteiger partial charge is 0.391 e. The monoisotopic (exact) mass is 302 g/mol. The molecule has 1 aromatic rings. The zero-order valence-electron chi connectivity index (χ0n) is 12.1. The summed E-state index contributed by atoms with van der Waals surface area (Å²) in [7, 11) is 0. The molecule has 1 N–H and O–H groups in total. The van der Waals surface area contributed by atoms with Crippen molar-refractivity contribution in [2.45, 2.75) is 44.9 Å². The second kappa shape index (κ2) is 6.69. The molecule has 0 aliphatic heterocycles. The molecule has 2 nitrogen and oxygen atoms in total. The van der Waals surface area contributed by atoms with Crippen LogP contribution in [0.2, 0.25) is 0 Å². The summed E-state index contributed by atoms with van der Waals surface area (Å²) < 4.78 is 43.8. The molecule has 0 bridgehead atoms. The normalized spacial score (nSPS) is 24.6. The maximum atomic E-state index is 12.8. The molecular formula is C16H21F3O2. The van der Waals surface area contributed by atoms with Crippen LogP contribution in [0.15, 0.2) is 24.3 Å². The van der Waals surface area contributed by atoms with Gasteiger partial charge in [0.15, 0.2) is 0 Å². The average Bonchev–Trinajstić information content (AvgIpc) is 2.47. The molecule has 1 aliphatic carbocycles. The minimum absolute atomic E-state index is 0.0118. The quantitative estimate of drug-likeness (QED) is 0.888. The van der Waals surface area contributed by atoms with Gasteiger partial charge in [0.2, 0.25) is 0 Å². The number of alkyl halides is 3. The SMILES string of the molecule is CCOc1ccc(C(O)C2CCCC(C(F)(F)F)C2)cc1. The van der Waals surface area contributed by atoms with Crippen molar-refractivity contribution in [2.75, 3.05) is 6.61 Å². The fraction of sp³-hybridized carbons (Fsp3) is 0.625. The highest BCUT2D eigenvalue weighted by Gasteiger charge is 2.43. The summed E-state index contributed by atoms with van der Waals surface area (Å²) in [6.45, 7) is 2.43. The highest BCUT2D eigenvalue weighted by Crippen LogP contribution is 2.43. The lowest BCUT2D eigenvalue weighted by atomic mass is 9.77. The van der Waals surface area contributed by atoms with E-state index in [4.69, 9.17) is 4.74 Å². The van der Waals surface area contributed by atoms with Crippen molar-refractivity contribution in [3.8, 4) is 5.75 Å². The molecule has 3 atom stereocenters. The van der Waals surface area contributed by atoms with Crippen molar-refractivity contribution in [3.63, 3.8) is 0 Å². The van der Waals surface area contributed by atoms with Crippen molar-refractivity contribution in [1.82, 2.24) is 0 Å². The molecule has 118 valence electrons. The van der Waals surface area contributed by atoms with Gasteiger partial charge in [0, 0.05) is 0 Å². The summed E-state index contributed by atoms with van der Waals surface area (Å²) in [4.78, 5) is 0. The van der Waals surface area contributed by atoms with Crippen LogP contribution in [0.3, 0.4) is 0 Å². The van der Waals surface area contributed by atoms with Crippen LogP contribution in [0.1, 0.15) is 44.3 Å². The Morgan fingerprint density at radius 3 is 2.48 bits per heavy atom. The van der Waals surface area contributed by atoms with Gasteiger partial charge in [-0.25, -0.2) is 0 Å². The first kappa shape index (κ1) is 16.1. The van der Waals surface area contributed by atoms with E-state index in [1.165, 1.54) is 0 Å². The second-order valence-electron chi connectivity index (χ2n) is 5.61. The van der Waals surface area contributed by atoms with Crippen LogP contribution < -0.4 is 4.74 Å². The Hall–Kier alpha value is -1.23. The summed E-state index contributed by atoms with van der Waals surface area (Å²) in [6, 6.07) is 6.94. The summed E-state index contributed by atoms with van der Waals surface area (Å²) in [5.41, 5.74) is 0.659. The highest BCUT2D eigenvalue weighted by atomic mass is 19.4. The number of hydrogen-bond donors (Lipinski definition) is 1. The van der Waals surface area contributed by atoms with Gasteiger partial charge >= 0.3 is 6.18 Å². The topological polar surface area (TPSA) is 29.5 Å². The van der Waals surface area contributed by atoms with Crippen molar-refractivity contribution in [1.29, 1.82) is 0 Å². The number of ether oxygens (including phenoxy) is 1. The van der Waals surface area contributed by atoms with Gasteiger partial charge in [0.05, 0.1) is 18.6 Å². The molecule has 1 aromatic carbocycles. The first-order valence-corrected chi connectivity index (χ1v) is 7.39. The molecule has 2 rings (SSSR count). The molecule has 0 amide bonds. The van der Waals surface area contributed by atoms with E-state index in [1.54, 1.807) is 24.3 Å². The molecule has 3 unspecified atom stereocenters. The fourth-order valence-corrected chi connectivity index (χ4v) is 3.01. The summed E-state index contributed by atoms with van der Waals surface area (Å²) >= 11 is 0. The van der Waals surface area contributed by atoms with Crippen molar-refractivity contribution in [3.05, 3.63) is 29.8 Å². The van der Waals surface area contributed by atoms with Gasteiger partial charge in [0.25, 0.3) is 0 Å². The molecule has 0 aromatic heterocycles. The molecule has 0 saturated heterocycles. The van der Waals surface area contributed by atoms with Crippen molar-refractivity contribution >= 4 is 0 Å². The minimum atomic E-state index is -4.16. The zero-order valence-corrected chi connectivity index (χ0v) is 12.1. The van der Waals surface area contributed by atoms with Gasteiger partial charge in [-0.3, -0.25) is 0 Å². The van der Waals surface area contributed by atoms with Crippen molar-refractivity contribution < 1.29 is 23.0 Å². The number of rotatable bonds is 4. The maximum absolute atomic E-state index is 12.8. The predicted octanol–water partition coefficient (Wildman–Crippen LogP) is 4.49. The van der Waals surface area contributed by atoms with E-state index >= 15 is 0 Å². The molecule has 0 spiro atoms. The third-order valence-corrected chi connectivity index (χ3v) is 4.16. The summed E-state index contributed by atoms with van der Waals surface area (Å²) in [6.07, 6.45) is -3.65. The lowest BCUT2D eigenvalue weighted by Crippen LogP contribution is -2.31. The van der Waals surface area contributed by atoms with Crippen LogP contribution in [-0.2, 0) is 0 Å². The van der Waals surface area contributed by atoms with E-state index in [0.29, 0.717) is 30.8 Å². The van der Waals surface area contributed by atoms with Crippen molar-refractivity contribution in [2.24, 2.45) is 11.8 Å². The van der Waals surface area contributed by atoms with E-state index in [0.717, 1.165) is 0 Å². The summed E-state index contributed by atoms with van der Waals surface area (Å²) in [5, 5.41) is 10.3. The number of halogens is 3. The highest BCUT2D eigenvalue weighted by molar-refractivity contribution is 5.28. The Morgan fingerprint density at radius 2 is 1.90 bits per heavy atom. The van der Waals surface area contributed by atoms with Crippen LogP contribution in [0.25, 0.3) is 0 Å². The fourth-order valence-electron chi connectivity index (χ4n) is 3.01. The van der Waals surface area contributed by atoms with Gasteiger partial charge in [0.1, 0.15) is 5.75 Å². The van der Waals surface area contributed by atoms with E-state index in [1.807, 2.05) is 6.92 Å². The number of aliphatic hydroxyl groups is 1. The standard InChI is InChI=1S/C16H21F3O2/c1-2-21-14-8-6-11(7-9-14)15(20)12-4-3-5-13(10-12)16(17,18)19/h6-9,12-13,15,20H,2-5,10H2,1H3. The Morgan fingerprint density at radius 1 is 1.24 bits per heavy atom. The van der Waals surface area contributed by atoms with Gasteiger partial charge in [-0.2, -0.15) is 13.2 Å². The second-order valence-corrected chi connectivity index (χ2v) is 5.61. The maximum Gasteiger partial charge on any atom is 0.391 e. The third kappa shape index (κ3) is 4.13. The molecule has 0 heterocycles. The van der Waals surface area contributed by atoms with E-state index < -0.39 is 18.2 Å². The molecule has 21 heavy (non-hydrogen) atoms. The van der Waals surface area contributed by atoms with Gasteiger partial charge in [-0.05, 0) is 49.8 Å². The zero-order chi connectivity index (χ0) is 15.5. The Labute approximate surface area is 122 Å². The Bertz CT molecular complexity index is 442. The summed E-state index contributed by atoms with van der Waals surface area (Å²) in [5.74, 6) is -0.915. The largest absolute Gasteiger partial charge is 0.494 e. The Balaban J connectivity index is 2.03. The van der Waals surface area contributed by atoms with Gasteiger partial charge < -0.3 is 9.84 Å². The van der Waals surface area contributed by atoms with Crippen LogP contribution in [-0.4, -0.2) is 17.9 Å². The van der Waals surface area contributed by atoms with Crippen LogP contribution in [0, 0.1) is 11.8 Å². The van der Waals surface area contributed by atoms with E-state index in [9.17, 15) is 18.3 Å². The molecule has 5 heteroatoms. The average molecular weight is 302 g/mol. The number of hydrogen-bond acceptors (Lipinski definition) is 2. The molecule has 1 fully saturated rings. The third-order valence-electron chi connectivity index (χ3n) is 4.16. The number of benzene rings is 1. The van der Waals surface area contributed by atoms with Gasteiger partial charge in [-0.15, -0.1) is 0 Å². The number of aliphatic hydroxyl groups excluding tert-OH is 1.